The van der Waals surface area contributed by atoms with Gasteiger partial charge in [-0.2, -0.15) is 0 Å². The van der Waals surface area contributed by atoms with Crippen molar-refractivity contribution in [2.75, 3.05) is 0 Å². The summed E-state index contributed by atoms with van der Waals surface area (Å²) in [5.74, 6) is 0.812. The topological polar surface area (TPSA) is 68.3 Å². The molecule has 0 atom stereocenters. The van der Waals surface area contributed by atoms with Gasteiger partial charge in [0.15, 0.2) is 0 Å². The molecular weight excluding hydrogens is 268 g/mol. The Kier molecular flexibility index (Phi) is 3.48. The first-order valence-electron chi connectivity index (χ1n) is 6.94. The molecule has 0 saturated heterocycles. The number of para-hydroxylation sites is 2. The summed E-state index contributed by atoms with van der Waals surface area (Å²) in [6.45, 7) is 2.41. The van der Waals surface area contributed by atoms with Gasteiger partial charge in [-0.15, -0.1) is 0 Å². The quantitative estimate of drug-likeness (QED) is 0.780. The molecule has 108 valence electrons. The number of hydrogen-bond acceptors (Lipinski definition) is 3. The summed E-state index contributed by atoms with van der Waals surface area (Å²) < 4.78 is 7.43. The molecule has 0 aliphatic carbocycles. The van der Waals surface area contributed by atoms with Crippen LogP contribution in [0.2, 0.25) is 0 Å². The van der Waals surface area contributed by atoms with E-state index in [1.807, 2.05) is 41.8 Å². The predicted octanol–water partition coefficient (Wildman–Crippen LogP) is 3.33. The molecule has 1 aromatic carbocycles. The van der Waals surface area contributed by atoms with Gasteiger partial charge < -0.3 is 14.1 Å². The number of furan rings is 1. The summed E-state index contributed by atoms with van der Waals surface area (Å²) in [6, 6.07) is 9.64. The molecular formula is C16H16N2O3. The van der Waals surface area contributed by atoms with Crippen LogP contribution in [0.15, 0.2) is 41.0 Å². The number of carboxylic acids is 1. The van der Waals surface area contributed by atoms with Gasteiger partial charge in [0.05, 0.1) is 29.3 Å². The molecule has 5 nitrogen and oxygen atoms in total. The van der Waals surface area contributed by atoms with Crippen molar-refractivity contribution in [1.29, 1.82) is 0 Å². The highest BCUT2D eigenvalue weighted by Crippen LogP contribution is 2.28. The Morgan fingerprint density at radius 2 is 2.14 bits per heavy atom. The van der Waals surface area contributed by atoms with Gasteiger partial charge >= 0.3 is 5.97 Å². The Labute approximate surface area is 121 Å². The second kappa shape index (κ2) is 5.44. The first-order valence-corrected chi connectivity index (χ1v) is 6.94. The number of carbonyl (C=O) groups is 1. The van der Waals surface area contributed by atoms with E-state index in [0.29, 0.717) is 6.54 Å². The number of benzene rings is 1. The average molecular weight is 284 g/mol. The van der Waals surface area contributed by atoms with E-state index in [4.69, 9.17) is 9.52 Å². The Balaban J connectivity index is 2.16. The second-order valence-electron chi connectivity index (χ2n) is 4.83. The highest BCUT2D eigenvalue weighted by molar-refractivity contribution is 5.81. The van der Waals surface area contributed by atoms with Crippen LogP contribution in [-0.2, 0) is 17.8 Å². The Morgan fingerprint density at radius 1 is 1.33 bits per heavy atom. The van der Waals surface area contributed by atoms with Crippen molar-refractivity contribution in [1.82, 2.24) is 9.55 Å². The molecule has 0 aliphatic heterocycles. The Bertz CT molecular complexity index is 786. The van der Waals surface area contributed by atoms with Crippen LogP contribution in [0.25, 0.3) is 22.4 Å². The summed E-state index contributed by atoms with van der Waals surface area (Å²) >= 11 is 0. The third-order valence-electron chi connectivity index (χ3n) is 3.51. The van der Waals surface area contributed by atoms with Crippen LogP contribution in [0, 0.1) is 0 Å². The van der Waals surface area contributed by atoms with E-state index >= 15 is 0 Å². The van der Waals surface area contributed by atoms with Gasteiger partial charge in [-0.3, -0.25) is 4.79 Å². The molecule has 0 spiro atoms. The molecule has 0 radical (unpaired) electrons. The molecule has 0 unspecified atom stereocenters. The molecule has 0 fully saturated rings. The molecule has 0 amide bonds. The normalized spacial score (nSPS) is 11.1. The van der Waals surface area contributed by atoms with E-state index in [9.17, 15) is 4.79 Å². The minimum atomic E-state index is -0.818. The summed E-state index contributed by atoms with van der Waals surface area (Å²) in [5, 5.41) is 8.95. The minimum absolute atomic E-state index is 0.0622. The van der Waals surface area contributed by atoms with Gasteiger partial charge in [-0.1, -0.05) is 19.1 Å². The average Bonchev–Trinajstić information content (AvgIpc) is 3.08. The van der Waals surface area contributed by atoms with E-state index in [2.05, 4.69) is 4.98 Å². The van der Waals surface area contributed by atoms with Gasteiger partial charge in [0.25, 0.3) is 0 Å². The number of nitrogens with zero attached hydrogens (tertiary/aromatic N) is 2. The van der Waals surface area contributed by atoms with Crippen molar-refractivity contribution < 1.29 is 14.3 Å². The Morgan fingerprint density at radius 3 is 2.90 bits per heavy atom. The first-order chi connectivity index (χ1) is 10.2. The summed E-state index contributed by atoms with van der Waals surface area (Å²) in [7, 11) is 0. The number of aliphatic carboxylic acids is 1. The van der Waals surface area contributed by atoms with Crippen molar-refractivity contribution in [2.45, 2.75) is 26.3 Å². The molecule has 0 saturated carbocycles. The van der Waals surface area contributed by atoms with Gasteiger partial charge in [0.2, 0.25) is 0 Å². The molecule has 2 aromatic heterocycles. The summed E-state index contributed by atoms with van der Waals surface area (Å²) in [6.07, 6.45) is 2.48. The largest absolute Gasteiger partial charge is 0.481 e. The van der Waals surface area contributed by atoms with Crippen LogP contribution in [0.4, 0.5) is 0 Å². The van der Waals surface area contributed by atoms with Crippen molar-refractivity contribution in [2.24, 2.45) is 0 Å². The van der Waals surface area contributed by atoms with Crippen LogP contribution in [-0.4, -0.2) is 20.6 Å². The van der Waals surface area contributed by atoms with Gasteiger partial charge in [-0.05, 0) is 18.2 Å². The zero-order chi connectivity index (χ0) is 14.8. The fourth-order valence-electron chi connectivity index (χ4n) is 2.53. The van der Waals surface area contributed by atoms with Crippen LogP contribution in [0.5, 0.6) is 0 Å². The van der Waals surface area contributed by atoms with E-state index in [0.717, 1.165) is 34.6 Å². The molecule has 0 aliphatic rings. The van der Waals surface area contributed by atoms with Crippen LogP contribution < -0.4 is 0 Å². The van der Waals surface area contributed by atoms with E-state index in [-0.39, 0.29) is 6.42 Å². The number of fused-ring (bicyclic) bond motifs is 1. The van der Waals surface area contributed by atoms with Crippen LogP contribution in [0.3, 0.4) is 0 Å². The molecule has 3 rings (SSSR count). The first kappa shape index (κ1) is 13.4. The standard InChI is InChI=1S/C16H16N2O3/c1-2-14-11(8-10-21-14)16-17-12-5-3-4-6-13(12)18(16)9-7-15(19)20/h3-6,8,10H,2,7,9H2,1H3,(H,19,20). The van der Waals surface area contributed by atoms with Crippen molar-refractivity contribution in [3.05, 3.63) is 42.4 Å². The van der Waals surface area contributed by atoms with E-state index in [1.54, 1.807) is 6.26 Å². The maximum atomic E-state index is 10.9. The fourth-order valence-corrected chi connectivity index (χ4v) is 2.53. The monoisotopic (exact) mass is 284 g/mol. The van der Waals surface area contributed by atoms with Crippen molar-refractivity contribution in [3.8, 4) is 11.4 Å². The maximum Gasteiger partial charge on any atom is 0.305 e. The van der Waals surface area contributed by atoms with Crippen molar-refractivity contribution in [3.63, 3.8) is 0 Å². The highest BCUT2D eigenvalue weighted by Gasteiger charge is 2.17. The van der Waals surface area contributed by atoms with Crippen LogP contribution in [0.1, 0.15) is 19.1 Å². The summed E-state index contributed by atoms with van der Waals surface area (Å²) in [5.41, 5.74) is 2.73. The molecule has 3 aromatic rings. The number of aromatic nitrogens is 2. The van der Waals surface area contributed by atoms with Gasteiger partial charge in [0, 0.05) is 13.0 Å². The van der Waals surface area contributed by atoms with Gasteiger partial charge in [-0.25, -0.2) is 4.98 Å². The Hall–Kier alpha value is -2.56. The van der Waals surface area contributed by atoms with Crippen LogP contribution >= 0.6 is 0 Å². The third-order valence-corrected chi connectivity index (χ3v) is 3.51. The molecule has 0 bridgehead atoms. The number of hydrogen-bond donors (Lipinski definition) is 1. The molecule has 21 heavy (non-hydrogen) atoms. The lowest BCUT2D eigenvalue weighted by molar-refractivity contribution is -0.137. The molecule has 1 N–H and O–H groups in total. The number of rotatable bonds is 5. The lowest BCUT2D eigenvalue weighted by Gasteiger charge is -2.07. The zero-order valence-electron chi connectivity index (χ0n) is 11.7. The lowest BCUT2D eigenvalue weighted by Crippen LogP contribution is -2.06. The number of aryl methyl sites for hydroxylation is 2. The number of imidazole rings is 1. The smallest absolute Gasteiger partial charge is 0.305 e. The highest BCUT2D eigenvalue weighted by atomic mass is 16.4. The zero-order valence-corrected chi connectivity index (χ0v) is 11.7. The minimum Gasteiger partial charge on any atom is -0.481 e. The van der Waals surface area contributed by atoms with E-state index < -0.39 is 5.97 Å². The molecule has 5 heteroatoms. The maximum absolute atomic E-state index is 10.9. The fraction of sp³-hybridized carbons (Fsp3) is 0.250. The van der Waals surface area contributed by atoms with Crippen molar-refractivity contribution >= 4 is 17.0 Å². The predicted molar refractivity (Wildman–Crippen MR) is 79.1 cm³/mol. The third kappa shape index (κ3) is 2.42. The lowest BCUT2D eigenvalue weighted by atomic mass is 10.2. The van der Waals surface area contributed by atoms with E-state index in [1.165, 1.54) is 0 Å². The van der Waals surface area contributed by atoms with Gasteiger partial charge in [0.1, 0.15) is 11.6 Å². The number of carboxylic acid groups (broad SMARTS) is 1. The second-order valence-corrected chi connectivity index (χ2v) is 4.83. The SMILES string of the molecule is CCc1occc1-c1nc2ccccc2n1CCC(=O)O. The molecule has 2 heterocycles. The summed E-state index contributed by atoms with van der Waals surface area (Å²) in [4.78, 5) is 15.6.